The van der Waals surface area contributed by atoms with E-state index in [1.165, 1.54) is 10.9 Å². The van der Waals surface area contributed by atoms with E-state index in [2.05, 4.69) is 45.0 Å². The Morgan fingerprint density at radius 3 is 2.66 bits per heavy atom. The molecule has 1 amide bonds. The summed E-state index contributed by atoms with van der Waals surface area (Å²) in [5.41, 5.74) is 5.30. The van der Waals surface area contributed by atoms with Gasteiger partial charge in [-0.25, -0.2) is 4.98 Å². The van der Waals surface area contributed by atoms with Gasteiger partial charge in [0, 0.05) is 23.6 Å². The monoisotopic (exact) mass is 384 g/mol. The first-order valence-corrected chi connectivity index (χ1v) is 9.78. The van der Waals surface area contributed by atoms with Gasteiger partial charge >= 0.3 is 0 Å². The zero-order valence-corrected chi connectivity index (χ0v) is 16.4. The number of nitrogens with one attached hydrogen (secondary N) is 3. The summed E-state index contributed by atoms with van der Waals surface area (Å²) in [4.78, 5) is 20.0. The van der Waals surface area contributed by atoms with Crippen LogP contribution in [-0.2, 0) is 17.6 Å². The third kappa shape index (κ3) is 4.63. The van der Waals surface area contributed by atoms with Crippen LogP contribution in [0, 0.1) is 6.92 Å². The lowest BCUT2D eigenvalue weighted by atomic mass is 10.1. The number of pyridine rings is 1. The molecular weight excluding hydrogens is 360 g/mol. The molecule has 0 spiro atoms. The van der Waals surface area contributed by atoms with Gasteiger partial charge in [0.15, 0.2) is 0 Å². The van der Waals surface area contributed by atoms with Crippen LogP contribution in [0.4, 0.5) is 11.5 Å². The highest BCUT2D eigenvalue weighted by Crippen LogP contribution is 2.18. The minimum absolute atomic E-state index is 0.0406. The molecule has 0 saturated heterocycles. The number of anilines is 2. The fourth-order valence-electron chi connectivity index (χ4n) is 3.42. The summed E-state index contributed by atoms with van der Waals surface area (Å²) in [5, 5.41) is 7.51. The molecule has 0 fully saturated rings. The maximum atomic E-state index is 12.3. The molecular formula is C24H24N4O. The molecule has 0 bridgehead atoms. The molecule has 2 heterocycles. The SMILES string of the molecule is Cc1ccccc1CC(=O)Nc1ccc(NCCc2c[nH]c3ccccc23)nc1. The highest BCUT2D eigenvalue weighted by atomic mass is 16.1. The van der Waals surface area contributed by atoms with Crippen LogP contribution in [0.1, 0.15) is 16.7 Å². The summed E-state index contributed by atoms with van der Waals surface area (Å²) >= 11 is 0. The lowest BCUT2D eigenvalue weighted by molar-refractivity contribution is -0.115. The summed E-state index contributed by atoms with van der Waals surface area (Å²) in [6, 6.07) is 20.0. The minimum atomic E-state index is -0.0406. The second-order valence-corrected chi connectivity index (χ2v) is 7.12. The third-order valence-corrected chi connectivity index (χ3v) is 5.03. The predicted octanol–water partition coefficient (Wildman–Crippen LogP) is 4.71. The molecule has 0 radical (unpaired) electrons. The molecule has 4 aromatic rings. The largest absolute Gasteiger partial charge is 0.370 e. The Morgan fingerprint density at radius 1 is 1.00 bits per heavy atom. The average molecular weight is 384 g/mol. The second kappa shape index (κ2) is 8.61. The first kappa shape index (κ1) is 18.7. The van der Waals surface area contributed by atoms with Crippen molar-refractivity contribution < 1.29 is 4.79 Å². The van der Waals surface area contributed by atoms with E-state index in [1.54, 1.807) is 6.20 Å². The molecule has 0 saturated carbocycles. The standard InChI is InChI=1S/C24H24N4O/c1-17-6-2-3-7-18(17)14-24(29)28-20-10-11-23(27-16-20)25-13-12-19-15-26-22-9-5-4-8-21(19)22/h2-11,15-16,26H,12-14H2,1H3,(H,25,27)(H,28,29). The Balaban J connectivity index is 1.29. The summed E-state index contributed by atoms with van der Waals surface area (Å²) in [6.45, 7) is 2.80. The number of nitrogens with zero attached hydrogens (tertiary/aromatic N) is 1. The van der Waals surface area contributed by atoms with Crippen molar-refractivity contribution >= 4 is 28.3 Å². The lowest BCUT2D eigenvalue weighted by Crippen LogP contribution is -2.15. The minimum Gasteiger partial charge on any atom is -0.370 e. The van der Waals surface area contributed by atoms with Crippen molar-refractivity contribution in [1.82, 2.24) is 9.97 Å². The number of rotatable bonds is 7. The van der Waals surface area contributed by atoms with E-state index in [1.807, 2.05) is 49.4 Å². The van der Waals surface area contributed by atoms with E-state index in [0.717, 1.165) is 35.4 Å². The summed E-state index contributed by atoms with van der Waals surface area (Å²) < 4.78 is 0. The average Bonchev–Trinajstić information content (AvgIpc) is 3.14. The maximum Gasteiger partial charge on any atom is 0.228 e. The van der Waals surface area contributed by atoms with Gasteiger partial charge in [-0.05, 0) is 48.2 Å². The molecule has 5 nitrogen and oxygen atoms in total. The fraction of sp³-hybridized carbons (Fsp3) is 0.167. The van der Waals surface area contributed by atoms with Gasteiger partial charge in [0.05, 0.1) is 18.3 Å². The van der Waals surface area contributed by atoms with Gasteiger partial charge in [0.25, 0.3) is 0 Å². The fourth-order valence-corrected chi connectivity index (χ4v) is 3.42. The highest BCUT2D eigenvalue weighted by molar-refractivity contribution is 5.92. The van der Waals surface area contributed by atoms with Gasteiger partial charge in [0.1, 0.15) is 5.82 Å². The van der Waals surface area contributed by atoms with Crippen LogP contribution in [0.25, 0.3) is 10.9 Å². The molecule has 29 heavy (non-hydrogen) atoms. The van der Waals surface area contributed by atoms with Gasteiger partial charge in [-0.15, -0.1) is 0 Å². The zero-order chi connectivity index (χ0) is 20.1. The molecule has 0 aliphatic rings. The summed E-state index contributed by atoms with van der Waals surface area (Å²) in [5.74, 6) is 0.753. The number of aromatic amines is 1. The number of aryl methyl sites for hydroxylation is 1. The first-order chi connectivity index (χ1) is 14.2. The van der Waals surface area contributed by atoms with Crippen molar-refractivity contribution in [3.05, 3.63) is 89.7 Å². The normalized spacial score (nSPS) is 10.8. The van der Waals surface area contributed by atoms with Crippen LogP contribution in [0.5, 0.6) is 0 Å². The van der Waals surface area contributed by atoms with Crippen LogP contribution in [-0.4, -0.2) is 22.4 Å². The van der Waals surface area contributed by atoms with E-state index in [-0.39, 0.29) is 5.91 Å². The molecule has 2 aromatic carbocycles. The lowest BCUT2D eigenvalue weighted by Gasteiger charge is -2.09. The number of carbonyl (C=O) groups excluding carboxylic acids is 1. The molecule has 0 aliphatic carbocycles. The zero-order valence-electron chi connectivity index (χ0n) is 16.4. The van der Waals surface area contributed by atoms with Crippen LogP contribution in [0.3, 0.4) is 0 Å². The number of fused-ring (bicyclic) bond motifs is 1. The third-order valence-electron chi connectivity index (χ3n) is 5.03. The summed E-state index contributed by atoms with van der Waals surface area (Å²) in [7, 11) is 0. The quantitative estimate of drug-likeness (QED) is 0.432. The molecule has 5 heteroatoms. The highest BCUT2D eigenvalue weighted by Gasteiger charge is 2.07. The number of para-hydroxylation sites is 1. The predicted molar refractivity (Wildman–Crippen MR) is 118 cm³/mol. The smallest absolute Gasteiger partial charge is 0.228 e. The molecule has 4 rings (SSSR count). The van der Waals surface area contributed by atoms with Crippen molar-refractivity contribution in [2.24, 2.45) is 0 Å². The number of benzene rings is 2. The number of carbonyl (C=O) groups is 1. The van der Waals surface area contributed by atoms with Crippen molar-refractivity contribution in [1.29, 1.82) is 0 Å². The Hall–Kier alpha value is -3.60. The van der Waals surface area contributed by atoms with Crippen LogP contribution >= 0.6 is 0 Å². The van der Waals surface area contributed by atoms with Gasteiger partial charge < -0.3 is 15.6 Å². The maximum absolute atomic E-state index is 12.3. The van der Waals surface area contributed by atoms with Crippen molar-refractivity contribution in [3.63, 3.8) is 0 Å². The number of hydrogen-bond acceptors (Lipinski definition) is 3. The van der Waals surface area contributed by atoms with Crippen LogP contribution in [0.15, 0.2) is 73.1 Å². The molecule has 0 aliphatic heterocycles. The van der Waals surface area contributed by atoms with E-state index >= 15 is 0 Å². The first-order valence-electron chi connectivity index (χ1n) is 9.78. The molecule has 0 unspecified atom stereocenters. The van der Waals surface area contributed by atoms with E-state index in [4.69, 9.17) is 0 Å². The molecule has 0 atom stereocenters. The van der Waals surface area contributed by atoms with Crippen molar-refractivity contribution in [2.75, 3.05) is 17.2 Å². The van der Waals surface area contributed by atoms with Gasteiger partial charge in [-0.1, -0.05) is 42.5 Å². The second-order valence-electron chi connectivity index (χ2n) is 7.12. The Morgan fingerprint density at radius 2 is 1.83 bits per heavy atom. The van der Waals surface area contributed by atoms with Crippen molar-refractivity contribution in [2.45, 2.75) is 19.8 Å². The number of aromatic nitrogens is 2. The number of amides is 1. The van der Waals surface area contributed by atoms with Crippen LogP contribution < -0.4 is 10.6 Å². The number of hydrogen-bond donors (Lipinski definition) is 3. The van der Waals surface area contributed by atoms with Gasteiger partial charge in [-0.2, -0.15) is 0 Å². The Kier molecular flexibility index (Phi) is 5.56. The molecule has 146 valence electrons. The van der Waals surface area contributed by atoms with E-state index < -0.39 is 0 Å². The number of H-pyrrole nitrogens is 1. The van der Waals surface area contributed by atoms with Crippen LogP contribution in [0.2, 0.25) is 0 Å². The van der Waals surface area contributed by atoms with E-state index in [0.29, 0.717) is 12.1 Å². The summed E-state index contributed by atoms with van der Waals surface area (Å²) in [6.07, 6.45) is 5.01. The Bertz CT molecular complexity index is 1120. The Labute approximate surface area is 170 Å². The van der Waals surface area contributed by atoms with Gasteiger partial charge in [-0.3, -0.25) is 4.79 Å². The topological polar surface area (TPSA) is 69.8 Å². The molecule has 3 N–H and O–H groups in total. The molecule has 2 aromatic heterocycles. The van der Waals surface area contributed by atoms with E-state index in [9.17, 15) is 4.79 Å². The van der Waals surface area contributed by atoms with Crippen molar-refractivity contribution in [3.8, 4) is 0 Å². The van der Waals surface area contributed by atoms with Gasteiger partial charge in [0.2, 0.25) is 5.91 Å².